The zero-order chi connectivity index (χ0) is 29.5. The molecule has 0 unspecified atom stereocenters. The fraction of sp³-hybridized carbons (Fsp3) is 0.414. The molecule has 10 heteroatoms. The molecule has 214 valence electrons. The lowest BCUT2D eigenvalue weighted by Gasteiger charge is -2.35. The highest BCUT2D eigenvalue weighted by molar-refractivity contribution is 5.83. The Hall–Kier alpha value is -3.11. The molecule has 0 amide bonds. The van der Waals surface area contributed by atoms with Crippen LogP contribution in [0.2, 0.25) is 0 Å². The number of hydrogen-bond donors (Lipinski definition) is 1. The molecule has 0 saturated carbocycles. The Morgan fingerprint density at radius 3 is 2.36 bits per heavy atom. The number of rotatable bonds is 11. The van der Waals surface area contributed by atoms with Crippen molar-refractivity contribution in [1.82, 2.24) is 10.2 Å². The molecule has 2 heterocycles. The second-order valence-electron chi connectivity index (χ2n) is 9.67. The van der Waals surface area contributed by atoms with Gasteiger partial charge in [-0.25, -0.2) is 0 Å². The van der Waals surface area contributed by atoms with Crippen molar-refractivity contribution in [2.24, 2.45) is 4.99 Å². The summed E-state index contributed by atoms with van der Waals surface area (Å²) in [5.74, 6) is 0. The minimum absolute atomic E-state index is 0.0602. The molecule has 0 aromatic carbocycles. The Balaban J connectivity index is 1.86. The third-order valence-corrected chi connectivity index (χ3v) is 6.22. The van der Waals surface area contributed by atoms with Gasteiger partial charge in [-0.15, -0.1) is 0 Å². The number of nitrogens with zero attached hydrogens (tertiary/aromatic N) is 2. The first-order valence-electron chi connectivity index (χ1n) is 12.3. The Bertz CT molecular complexity index is 1130. The Kier molecular flexibility index (Phi) is 10.9. The Labute approximate surface area is 226 Å². The minimum Gasteiger partial charge on any atom is -0.386 e. The lowest BCUT2D eigenvalue weighted by Crippen LogP contribution is -2.46. The van der Waals surface area contributed by atoms with Crippen LogP contribution < -0.4 is 5.32 Å². The fourth-order valence-electron chi connectivity index (χ4n) is 4.19. The molecule has 2 aliphatic rings. The first-order valence-corrected chi connectivity index (χ1v) is 12.3. The maximum Gasteiger partial charge on any atom is 0.417 e. The largest absolute Gasteiger partial charge is 0.417 e. The Morgan fingerprint density at radius 2 is 1.77 bits per heavy atom. The van der Waals surface area contributed by atoms with E-state index in [1.54, 1.807) is 0 Å². The van der Waals surface area contributed by atoms with Gasteiger partial charge in [0.25, 0.3) is 0 Å². The van der Waals surface area contributed by atoms with Crippen molar-refractivity contribution in [3.8, 4) is 0 Å². The van der Waals surface area contributed by atoms with Crippen molar-refractivity contribution in [1.29, 1.82) is 0 Å². The molecule has 0 aromatic heterocycles. The second kappa shape index (κ2) is 13.3. The summed E-state index contributed by atoms with van der Waals surface area (Å²) in [5, 5.41) is 3.18. The molecule has 1 atom stereocenters. The van der Waals surface area contributed by atoms with E-state index in [2.05, 4.69) is 43.2 Å². The third kappa shape index (κ3) is 9.85. The highest BCUT2D eigenvalue weighted by Gasteiger charge is 2.36. The van der Waals surface area contributed by atoms with Crippen LogP contribution in [0.5, 0.6) is 0 Å². The van der Waals surface area contributed by atoms with E-state index < -0.39 is 23.5 Å². The zero-order valence-corrected chi connectivity index (χ0v) is 22.4. The molecule has 4 nitrogen and oxygen atoms in total. The Morgan fingerprint density at radius 1 is 1.10 bits per heavy atom. The quantitative estimate of drug-likeness (QED) is 0.167. The number of ether oxygens (including phenoxy) is 1. The van der Waals surface area contributed by atoms with Crippen LogP contribution in [-0.2, 0) is 4.74 Å². The summed E-state index contributed by atoms with van der Waals surface area (Å²) in [4.78, 5) is 5.90. The number of alkyl halides is 6. The van der Waals surface area contributed by atoms with Gasteiger partial charge in [-0.1, -0.05) is 38.5 Å². The van der Waals surface area contributed by atoms with Crippen molar-refractivity contribution in [3.63, 3.8) is 0 Å². The van der Waals surface area contributed by atoms with E-state index in [-0.39, 0.29) is 35.8 Å². The van der Waals surface area contributed by atoms with Gasteiger partial charge in [-0.05, 0) is 54.7 Å². The normalized spacial score (nSPS) is 19.5. The summed E-state index contributed by atoms with van der Waals surface area (Å²) >= 11 is 0. The standard InChI is InChI=1S/C29H35F6N3O/c1-18(2)27(29(33,34)35)22(6)21(5)16-38-10-11-39-26(17-38)23(7)36-9-8-19(3)13-25-14-20(4)12-24(15-37-25)28(30,31)32/h12,14-15,26,36H,1,3-5,7-11,13,16-17H2,2,6H3/b27-22+/t26-/m1/s1. The number of allylic oxidation sites excluding steroid dienone is 7. The van der Waals surface area contributed by atoms with E-state index in [1.165, 1.54) is 19.9 Å². The molecule has 1 saturated heterocycles. The van der Waals surface area contributed by atoms with Crippen LogP contribution in [0.3, 0.4) is 0 Å². The summed E-state index contributed by atoms with van der Waals surface area (Å²) in [6, 6.07) is 0. The van der Waals surface area contributed by atoms with Crippen LogP contribution in [-0.4, -0.2) is 62.4 Å². The second-order valence-corrected chi connectivity index (χ2v) is 9.67. The first-order chi connectivity index (χ1) is 18.0. The predicted octanol–water partition coefficient (Wildman–Crippen LogP) is 7.15. The van der Waals surface area contributed by atoms with Gasteiger partial charge in [0.15, 0.2) is 0 Å². The van der Waals surface area contributed by atoms with Crippen molar-refractivity contribution < 1.29 is 31.1 Å². The number of halogens is 6. The van der Waals surface area contributed by atoms with Gasteiger partial charge < -0.3 is 10.1 Å². The average molecular weight is 556 g/mol. The van der Waals surface area contributed by atoms with Crippen LogP contribution in [0.25, 0.3) is 0 Å². The van der Waals surface area contributed by atoms with E-state index in [4.69, 9.17) is 4.74 Å². The first kappa shape index (κ1) is 32.1. The zero-order valence-electron chi connectivity index (χ0n) is 22.4. The summed E-state index contributed by atoms with van der Waals surface area (Å²) in [5.41, 5.74) is 0.742. The van der Waals surface area contributed by atoms with Crippen molar-refractivity contribution in [2.45, 2.75) is 45.1 Å². The molecule has 2 rings (SSSR count). The highest BCUT2D eigenvalue weighted by atomic mass is 19.4. The smallest absolute Gasteiger partial charge is 0.386 e. The molecule has 0 aliphatic carbocycles. The lowest BCUT2D eigenvalue weighted by molar-refractivity contribution is -0.0901. The summed E-state index contributed by atoms with van der Waals surface area (Å²) in [6.07, 6.45) is -5.37. The van der Waals surface area contributed by atoms with E-state index in [0.29, 0.717) is 49.6 Å². The van der Waals surface area contributed by atoms with Crippen LogP contribution in [0.1, 0.15) is 26.7 Å². The van der Waals surface area contributed by atoms with Crippen molar-refractivity contribution >= 4 is 6.21 Å². The number of nitrogens with one attached hydrogen (secondary N) is 1. The minimum atomic E-state index is -4.51. The van der Waals surface area contributed by atoms with Gasteiger partial charge >= 0.3 is 12.4 Å². The number of hydrogen-bond acceptors (Lipinski definition) is 4. The fourth-order valence-corrected chi connectivity index (χ4v) is 4.19. The molecule has 0 radical (unpaired) electrons. The highest BCUT2D eigenvalue weighted by Crippen LogP contribution is 2.35. The maximum absolute atomic E-state index is 13.5. The predicted molar refractivity (Wildman–Crippen MR) is 144 cm³/mol. The maximum atomic E-state index is 13.5. The van der Waals surface area contributed by atoms with Gasteiger partial charge in [0.05, 0.1) is 17.8 Å². The van der Waals surface area contributed by atoms with Crippen LogP contribution in [0, 0.1) is 0 Å². The molecule has 1 N–H and O–H groups in total. The van der Waals surface area contributed by atoms with Gasteiger partial charge in [-0.3, -0.25) is 9.89 Å². The average Bonchev–Trinajstić information content (AvgIpc) is 2.98. The van der Waals surface area contributed by atoms with E-state index in [0.717, 1.165) is 17.9 Å². The molecule has 0 aromatic rings. The molecule has 2 aliphatic heterocycles. The number of aliphatic imine (C=N–C) groups is 1. The van der Waals surface area contributed by atoms with Gasteiger partial charge in [0.1, 0.15) is 6.10 Å². The topological polar surface area (TPSA) is 36.9 Å². The summed E-state index contributed by atoms with van der Waals surface area (Å²) in [6.45, 7) is 23.8. The van der Waals surface area contributed by atoms with E-state index >= 15 is 0 Å². The molecular formula is C29H35F6N3O. The molecule has 0 spiro atoms. The van der Waals surface area contributed by atoms with Crippen LogP contribution in [0.4, 0.5) is 26.3 Å². The van der Waals surface area contributed by atoms with Crippen molar-refractivity contribution in [2.75, 3.05) is 32.8 Å². The molecule has 1 fully saturated rings. The van der Waals surface area contributed by atoms with Gasteiger partial charge in [0.2, 0.25) is 0 Å². The SMILES string of the molecule is C=C1C=C(CC(=C)CCNC(=C)[C@H]2CN(CC(=C)/C(C)=C(\C(=C)C)C(F)(F)F)CCO2)N=CC(C(F)(F)F)=C1. The van der Waals surface area contributed by atoms with Crippen molar-refractivity contribution in [3.05, 3.63) is 95.5 Å². The molecule has 39 heavy (non-hydrogen) atoms. The van der Waals surface area contributed by atoms with Gasteiger partial charge in [-0.2, -0.15) is 26.3 Å². The van der Waals surface area contributed by atoms with Crippen LogP contribution in [0.15, 0.2) is 100 Å². The van der Waals surface area contributed by atoms with Gasteiger partial charge in [0, 0.05) is 50.2 Å². The van der Waals surface area contributed by atoms with E-state index in [9.17, 15) is 26.3 Å². The lowest BCUT2D eigenvalue weighted by atomic mass is 9.97. The summed E-state index contributed by atoms with van der Waals surface area (Å²) < 4.78 is 85.1. The number of morpholine rings is 1. The molecule has 0 bridgehead atoms. The summed E-state index contributed by atoms with van der Waals surface area (Å²) in [7, 11) is 0. The van der Waals surface area contributed by atoms with E-state index in [1.807, 2.05) is 4.90 Å². The molecular weight excluding hydrogens is 520 g/mol. The monoisotopic (exact) mass is 555 g/mol. The van der Waals surface area contributed by atoms with Crippen LogP contribution >= 0.6 is 0 Å². The third-order valence-electron chi connectivity index (χ3n) is 6.22.